The van der Waals surface area contributed by atoms with Gasteiger partial charge in [0.2, 0.25) is 15.9 Å². The van der Waals surface area contributed by atoms with Gasteiger partial charge in [0.25, 0.3) is 10.0 Å². The molecule has 0 aliphatic carbocycles. The highest BCUT2D eigenvalue weighted by Crippen LogP contribution is 2.32. The van der Waals surface area contributed by atoms with Crippen LogP contribution >= 0.6 is 0 Å². The van der Waals surface area contributed by atoms with Crippen molar-refractivity contribution in [3.63, 3.8) is 0 Å². The third-order valence-electron chi connectivity index (χ3n) is 5.10. The lowest BCUT2D eigenvalue weighted by molar-refractivity contribution is -0.117. The molecule has 1 aliphatic rings. The molecule has 2 aromatic carbocycles. The summed E-state index contributed by atoms with van der Waals surface area (Å²) in [5.41, 5.74) is 2.78. The van der Waals surface area contributed by atoms with Crippen molar-refractivity contribution in [2.24, 2.45) is 0 Å². The second-order valence-electron chi connectivity index (χ2n) is 7.23. The SMILES string of the molecule is Cc1cc(S(=O)(=O)N(C)C)cc(NS(=O)(=O)c2ccc3c(c2)CC(=O)N3C)c1C. The van der Waals surface area contributed by atoms with Crippen molar-refractivity contribution in [1.29, 1.82) is 0 Å². The van der Waals surface area contributed by atoms with Crippen molar-refractivity contribution in [3.8, 4) is 0 Å². The lowest BCUT2D eigenvalue weighted by Crippen LogP contribution is -2.23. The number of carbonyl (C=O) groups is 1. The van der Waals surface area contributed by atoms with Crippen molar-refractivity contribution < 1.29 is 21.6 Å². The van der Waals surface area contributed by atoms with E-state index in [1.54, 1.807) is 27.0 Å². The number of aryl methyl sites for hydroxylation is 1. The molecule has 1 N–H and O–H groups in total. The van der Waals surface area contributed by atoms with Crippen LogP contribution in [-0.2, 0) is 31.3 Å². The third kappa shape index (κ3) is 3.75. The van der Waals surface area contributed by atoms with Crippen LogP contribution in [0, 0.1) is 13.8 Å². The van der Waals surface area contributed by atoms with E-state index in [0.29, 0.717) is 22.4 Å². The lowest BCUT2D eigenvalue weighted by Gasteiger charge is -2.17. The zero-order chi connectivity index (χ0) is 21.7. The van der Waals surface area contributed by atoms with E-state index in [9.17, 15) is 21.6 Å². The summed E-state index contributed by atoms with van der Waals surface area (Å²) in [5.74, 6) is -0.101. The molecule has 0 fully saturated rings. The monoisotopic (exact) mass is 437 g/mol. The Kier molecular flexibility index (Phi) is 5.22. The van der Waals surface area contributed by atoms with Crippen molar-refractivity contribution in [2.75, 3.05) is 30.8 Å². The van der Waals surface area contributed by atoms with Crippen LogP contribution < -0.4 is 9.62 Å². The second kappa shape index (κ2) is 7.12. The Balaban J connectivity index is 2.03. The largest absolute Gasteiger partial charge is 0.315 e. The molecule has 3 rings (SSSR count). The second-order valence-corrected chi connectivity index (χ2v) is 11.1. The van der Waals surface area contributed by atoms with Gasteiger partial charge < -0.3 is 4.90 Å². The van der Waals surface area contributed by atoms with Gasteiger partial charge >= 0.3 is 0 Å². The van der Waals surface area contributed by atoms with Gasteiger partial charge in [0.15, 0.2) is 0 Å². The maximum absolute atomic E-state index is 13.0. The Hall–Kier alpha value is -2.43. The molecule has 0 bridgehead atoms. The van der Waals surface area contributed by atoms with Crippen molar-refractivity contribution in [2.45, 2.75) is 30.1 Å². The fourth-order valence-corrected chi connectivity index (χ4v) is 5.29. The van der Waals surface area contributed by atoms with E-state index in [2.05, 4.69) is 4.72 Å². The van der Waals surface area contributed by atoms with E-state index in [-0.39, 0.29) is 27.8 Å². The van der Waals surface area contributed by atoms with Gasteiger partial charge in [0.1, 0.15) is 0 Å². The summed E-state index contributed by atoms with van der Waals surface area (Å²) in [5, 5.41) is 0. The molecule has 0 aromatic heterocycles. The van der Waals surface area contributed by atoms with E-state index in [0.717, 1.165) is 4.31 Å². The Morgan fingerprint density at radius 1 is 1.00 bits per heavy atom. The molecule has 0 radical (unpaired) electrons. The molecule has 0 saturated heterocycles. The van der Waals surface area contributed by atoms with E-state index < -0.39 is 20.0 Å². The number of likely N-dealkylation sites (N-methyl/N-ethyl adjacent to an activating group) is 1. The average Bonchev–Trinajstić information content (AvgIpc) is 2.92. The normalized spacial score (nSPS) is 14.4. The number of hydrogen-bond donors (Lipinski definition) is 1. The van der Waals surface area contributed by atoms with Crippen LogP contribution in [0.5, 0.6) is 0 Å². The molecule has 0 spiro atoms. The molecule has 1 heterocycles. The summed E-state index contributed by atoms with van der Waals surface area (Å²) in [4.78, 5) is 13.4. The third-order valence-corrected chi connectivity index (χ3v) is 8.26. The molecular weight excluding hydrogens is 414 g/mol. The average molecular weight is 438 g/mol. The van der Waals surface area contributed by atoms with Gasteiger partial charge in [-0.2, -0.15) is 0 Å². The number of sulfonamides is 2. The molecule has 0 unspecified atom stereocenters. The first-order chi connectivity index (χ1) is 13.3. The van der Waals surface area contributed by atoms with Crippen LogP contribution in [0.2, 0.25) is 0 Å². The Bertz CT molecular complexity index is 1220. The van der Waals surface area contributed by atoms with Crippen LogP contribution in [0.4, 0.5) is 11.4 Å². The highest BCUT2D eigenvalue weighted by Gasteiger charge is 2.27. The van der Waals surface area contributed by atoms with Crippen LogP contribution in [-0.4, -0.2) is 48.2 Å². The summed E-state index contributed by atoms with van der Waals surface area (Å²) < 4.78 is 54.4. The fraction of sp³-hybridized carbons (Fsp3) is 0.316. The molecule has 8 nitrogen and oxygen atoms in total. The number of benzene rings is 2. The molecule has 156 valence electrons. The highest BCUT2D eigenvalue weighted by molar-refractivity contribution is 7.92. The van der Waals surface area contributed by atoms with Crippen molar-refractivity contribution in [3.05, 3.63) is 47.0 Å². The van der Waals surface area contributed by atoms with E-state index in [1.165, 1.54) is 43.3 Å². The van der Waals surface area contributed by atoms with Gasteiger partial charge in [0.05, 0.1) is 21.9 Å². The molecule has 1 aliphatic heterocycles. The van der Waals surface area contributed by atoms with Crippen LogP contribution in [0.1, 0.15) is 16.7 Å². The number of nitrogens with one attached hydrogen (secondary N) is 1. The molecule has 2 aromatic rings. The summed E-state index contributed by atoms with van der Waals surface area (Å²) in [7, 11) is -3.23. The molecule has 1 amide bonds. The van der Waals surface area contributed by atoms with Crippen LogP contribution in [0.25, 0.3) is 0 Å². The van der Waals surface area contributed by atoms with E-state index >= 15 is 0 Å². The number of amides is 1. The number of rotatable bonds is 5. The lowest BCUT2D eigenvalue weighted by atomic mass is 10.1. The summed E-state index contributed by atoms with van der Waals surface area (Å²) in [6.07, 6.45) is 0.143. The molecule has 29 heavy (non-hydrogen) atoms. The smallest absolute Gasteiger partial charge is 0.261 e. The van der Waals surface area contributed by atoms with Gasteiger partial charge in [-0.3, -0.25) is 9.52 Å². The number of hydrogen-bond acceptors (Lipinski definition) is 5. The van der Waals surface area contributed by atoms with Gasteiger partial charge in [0, 0.05) is 26.8 Å². The molecule has 0 atom stereocenters. The number of anilines is 2. The highest BCUT2D eigenvalue weighted by atomic mass is 32.2. The first-order valence-corrected chi connectivity index (χ1v) is 11.7. The number of nitrogens with zero attached hydrogens (tertiary/aromatic N) is 2. The number of carbonyl (C=O) groups excluding carboxylic acids is 1. The Morgan fingerprint density at radius 2 is 1.66 bits per heavy atom. The topological polar surface area (TPSA) is 104 Å². The Morgan fingerprint density at radius 3 is 2.28 bits per heavy atom. The summed E-state index contributed by atoms with van der Waals surface area (Å²) >= 11 is 0. The fourth-order valence-electron chi connectivity index (χ4n) is 3.11. The van der Waals surface area contributed by atoms with Gasteiger partial charge in [-0.15, -0.1) is 0 Å². The first-order valence-electron chi connectivity index (χ1n) is 8.80. The predicted octanol–water partition coefficient (Wildman–Crippen LogP) is 1.87. The van der Waals surface area contributed by atoms with Crippen molar-refractivity contribution in [1.82, 2.24) is 4.31 Å². The predicted molar refractivity (Wildman–Crippen MR) is 111 cm³/mol. The van der Waals surface area contributed by atoms with Gasteiger partial charge in [-0.25, -0.2) is 21.1 Å². The van der Waals surface area contributed by atoms with Gasteiger partial charge in [-0.1, -0.05) is 0 Å². The zero-order valence-corrected chi connectivity index (χ0v) is 18.5. The van der Waals surface area contributed by atoms with Gasteiger partial charge in [-0.05, 0) is 60.9 Å². The molecular formula is C19H23N3O5S2. The standard InChI is InChI=1S/C19H23N3O5S2/c1-12-8-16(29(26,27)21(3)4)11-17(13(12)2)20-28(24,25)15-6-7-18-14(9-15)10-19(23)22(18)5/h6-9,11,20H,10H2,1-5H3. The minimum absolute atomic E-state index is 0.00414. The van der Waals surface area contributed by atoms with E-state index in [4.69, 9.17) is 0 Å². The molecule has 10 heteroatoms. The zero-order valence-electron chi connectivity index (χ0n) is 16.8. The Labute approximate surface area is 171 Å². The minimum Gasteiger partial charge on any atom is -0.315 e. The first kappa shape index (κ1) is 21.3. The maximum atomic E-state index is 13.0. The minimum atomic E-state index is -3.98. The van der Waals surface area contributed by atoms with Crippen molar-refractivity contribution >= 4 is 37.3 Å². The maximum Gasteiger partial charge on any atom is 0.261 e. The van der Waals surface area contributed by atoms with E-state index in [1.807, 2.05) is 0 Å². The summed E-state index contributed by atoms with van der Waals surface area (Å²) in [6, 6.07) is 7.33. The molecule has 0 saturated carbocycles. The number of fused-ring (bicyclic) bond motifs is 1. The summed E-state index contributed by atoms with van der Waals surface area (Å²) in [6.45, 7) is 3.44. The van der Waals surface area contributed by atoms with Crippen LogP contribution in [0.15, 0.2) is 40.1 Å². The quantitative estimate of drug-likeness (QED) is 0.769. The van der Waals surface area contributed by atoms with Crippen LogP contribution in [0.3, 0.4) is 0 Å².